The van der Waals surface area contributed by atoms with Gasteiger partial charge in [-0.1, -0.05) is 10.6 Å². The van der Waals surface area contributed by atoms with Crippen LogP contribution in [0, 0.1) is 18.6 Å². The Morgan fingerprint density at radius 3 is 2.50 bits per heavy atom. The largest absolute Gasteiger partial charge is 0.307 e. The predicted octanol–water partition coefficient (Wildman–Crippen LogP) is 4.40. The first-order chi connectivity index (χ1) is 11.5. The fourth-order valence-electron chi connectivity index (χ4n) is 2.59. The van der Waals surface area contributed by atoms with Crippen LogP contribution in [0.5, 0.6) is 0 Å². The molecule has 0 aliphatic heterocycles. The SMILES string of the molecule is CCn1c(-c2c(F)cccc2F)c(-c2nnsc2C)cc(Br)c1=O. The van der Waals surface area contributed by atoms with Crippen LogP contribution in [-0.4, -0.2) is 14.2 Å². The van der Waals surface area contributed by atoms with Crippen molar-refractivity contribution in [3.63, 3.8) is 0 Å². The van der Waals surface area contributed by atoms with E-state index in [4.69, 9.17) is 0 Å². The number of pyridine rings is 1. The van der Waals surface area contributed by atoms with E-state index in [1.807, 2.05) is 6.92 Å². The third-order valence-corrected chi connectivity index (χ3v) is 4.87. The van der Waals surface area contributed by atoms with Crippen LogP contribution in [0.3, 0.4) is 0 Å². The summed E-state index contributed by atoms with van der Waals surface area (Å²) in [5.41, 5.74) is 0.516. The lowest BCUT2D eigenvalue weighted by Crippen LogP contribution is -2.23. The number of halogens is 3. The maximum Gasteiger partial charge on any atom is 0.265 e. The number of benzene rings is 1. The third-order valence-electron chi connectivity index (χ3n) is 3.67. The summed E-state index contributed by atoms with van der Waals surface area (Å²) in [6, 6.07) is 5.16. The Labute approximate surface area is 149 Å². The van der Waals surface area contributed by atoms with E-state index in [-0.39, 0.29) is 23.4 Å². The molecule has 8 heteroatoms. The van der Waals surface area contributed by atoms with E-state index in [2.05, 4.69) is 25.5 Å². The van der Waals surface area contributed by atoms with Gasteiger partial charge >= 0.3 is 0 Å². The summed E-state index contributed by atoms with van der Waals surface area (Å²) in [7, 11) is 0. The van der Waals surface area contributed by atoms with Crippen molar-refractivity contribution in [3.8, 4) is 22.5 Å². The van der Waals surface area contributed by atoms with Gasteiger partial charge in [-0.05, 0) is 59.5 Å². The molecule has 0 fully saturated rings. The molecule has 1 aromatic carbocycles. The first kappa shape index (κ1) is 16.9. The lowest BCUT2D eigenvalue weighted by molar-refractivity contribution is 0.584. The van der Waals surface area contributed by atoms with Crippen LogP contribution in [0.2, 0.25) is 0 Å². The van der Waals surface area contributed by atoms with Crippen molar-refractivity contribution in [3.05, 3.63) is 55.6 Å². The number of hydrogen-bond acceptors (Lipinski definition) is 4. The monoisotopic (exact) mass is 411 g/mol. The summed E-state index contributed by atoms with van der Waals surface area (Å²) in [4.78, 5) is 13.3. The molecule has 124 valence electrons. The Morgan fingerprint density at radius 2 is 1.96 bits per heavy atom. The van der Waals surface area contributed by atoms with E-state index in [1.54, 1.807) is 13.0 Å². The molecule has 0 aliphatic carbocycles. The van der Waals surface area contributed by atoms with Crippen molar-refractivity contribution in [1.82, 2.24) is 14.2 Å². The standard InChI is InChI=1S/C16H12BrF2N3OS/c1-3-22-15(13-11(18)5-4-6-12(13)19)9(7-10(17)16(22)23)14-8(2)24-21-20-14/h4-7H,3H2,1-2H3. The Balaban J connectivity index is 2.50. The van der Waals surface area contributed by atoms with Gasteiger partial charge in [-0.3, -0.25) is 4.79 Å². The van der Waals surface area contributed by atoms with Crippen LogP contribution in [0.25, 0.3) is 22.5 Å². The van der Waals surface area contributed by atoms with Gasteiger partial charge in [0.05, 0.1) is 20.6 Å². The van der Waals surface area contributed by atoms with E-state index in [9.17, 15) is 13.6 Å². The maximum atomic E-state index is 14.4. The third kappa shape index (κ3) is 2.69. The van der Waals surface area contributed by atoms with E-state index < -0.39 is 11.6 Å². The average Bonchev–Trinajstić information content (AvgIpc) is 2.96. The highest BCUT2D eigenvalue weighted by Crippen LogP contribution is 2.36. The van der Waals surface area contributed by atoms with Crippen LogP contribution in [0.1, 0.15) is 11.8 Å². The zero-order chi connectivity index (χ0) is 17.4. The highest BCUT2D eigenvalue weighted by Gasteiger charge is 2.23. The highest BCUT2D eigenvalue weighted by molar-refractivity contribution is 9.10. The van der Waals surface area contributed by atoms with Crippen LogP contribution in [0.15, 0.2) is 33.5 Å². The molecule has 0 unspecified atom stereocenters. The minimum atomic E-state index is -0.735. The Kier molecular flexibility index (Phi) is 4.60. The summed E-state index contributed by atoms with van der Waals surface area (Å²) < 4.78 is 34.3. The van der Waals surface area contributed by atoms with Gasteiger partial charge in [0.15, 0.2) is 0 Å². The Bertz CT molecular complexity index is 964. The molecule has 24 heavy (non-hydrogen) atoms. The zero-order valence-corrected chi connectivity index (χ0v) is 15.2. The van der Waals surface area contributed by atoms with Crippen molar-refractivity contribution in [2.45, 2.75) is 20.4 Å². The van der Waals surface area contributed by atoms with Crippen molar-refractivity contribution >= 4 is 27.5 Å². The minimum Gasteiger partial charge on any atom is -0.307 e. The topological polar surface area (TPSA) is 47.8 Å². The van der Waals surface area contributed by atoms with E-state index >= 15 is 0 Å². The summed E-state index contributed by atoms with van der Waals surface area (Å²) in [5, 5.41) is 4.07. The van der Waals surface area contributed by atoms with Gasteiger partial charge < -0.3 is 4.57 Å². The summed E-state index contributed by atoms with van der Waals surface area (Å²) in [6.45, 7) is 3.81. The second-order valence-electron chi connectivity index (χ2n) is 5.08. The molecule has 0 aliphatic rings. The summed E-state index contributed by atoms with van der Waals surface area (Å²) in [6.07, 6.45) is 0. The van der Waals surface area contributed by atoms with E-state index in [0.717, 1.165) is 4.88 Å². The van der Waals surface area contributed by atoms with Crippen molar-refractivity contribution in [2.75, 3.05) is 0 Å². The van der Waals surface area contributed by atoms with Gasteiger partial charge in [-0.15, -0.1) is 5.10 Å². The molecule has 0 saturated heterocycles. The molecule has 2 aromatic heterocycles. The second-order valence-corrected chi connectivity index (χ2v) is 6.89. The number of nitrogens with zero attached hydrogens (tertiary/aromatic N) is 3. The molecule has 3 aromatic rings. The van der Waals surface area contributed by atoms with Crippen molar-refractivity contribution in [1.29, 1.82) is 0 Å². The molecular formula is C16H12BrF2N3OS. The molecule has 0 N–H and O–H groups in total. The first-order valence-electron chi connectivity index (χ1n) is 7.12. The number of hydrogen-bond donors (Lipinski definition) is 0. The molecular weight excluding hydrogens is 400 g/mol. The smallest absolute Gasteiger partial charge is 0.265 e. The molecule has 3 rings (SSSR count). The van der Waals surface area contributed by atoms with Crippen molar-refractivity contribution < 1.29 is 8.78 Å². The molecule has 0 radical (unpaired) electrons. The van der Waals surface area contributed by atoms with E-state index in [0.29, 0.717) is 15.7 Å². The molecule has 4 nitrogen and oxygen atoms in total. The summed E-state index contributed by atoms with van der Waals surface area (Å²) >= 11 is 4.41. The molecule has 2 heterocycles. The highest BCUT2D eigenvalue weighted by atomic mass is 79.9. The number of rotatable bonds is 3. The van der Waals surface area contributed by atoms with E-state index in [1.165, 1.54) is 34.3 Å². The van der Waals surface area contributed by atoms with Crippen molar-refractivity contribution in [2.24, 2.45) is 0 Å². The molecule has 0 saturated carbocycles. The minimum absolute atomic E-state index is 0.164. The fraction of sp³-hybridized carbons (Fsp3) is 0.188. The molecule has 0 atom stereocenters. The second kappa shape index (κ2) is 6.52. The van der Waals surface area contributed by atoms with Gasteiger partial charge in [-0.2, -0.15) is 0 Å². The molecule has 0 amide bonds. The van der Waals surface area contributed by atoms with Gasteiger partial charge in [0, 0.05) is 12.1 Å². The quantitative estimate of drug-likeness (QED) is 0.641. The average molecular weight is 412 g/mol. The predicted molar refractivity (Wildman–Crippen MR) is 93.1 cm³/mol. The van der Waals surface area contributed by atoms with Gasteiger partial charge in [0.1, 0.15) is 17.3 Å². The van der Waals surface area contributed by atoms with Crippen LogP contribution >= 0.6 is 27.5 Å². The maximum absolute atomic E-state index is 14.4. The van der Waals surface area contributed by atoms with Gasteiger partial charge in [0.2, 0.25) is 0 Å². The first-order valence-corrected chi connectivity index (χ1v) is 8.69. The van der Waals surface area contributed by atoms with Gasteiger partial charge in [0.25, 0.3) is 5.56 Å². The number of aryl methyl sites for hydroxylation is 1. The molecule has 0 spiro atoms. The summed E-state index contributed by atoms with van der Waals surface area (Å²) in [5.74, 6) is -1.47. The lowest BCUT2D eigenvalue weighted by Gasteiger charge is -2.17. The Morgan fingerprint density at radius 1 is 1.29 bits per heavy atom. The van der Waals surface area contributed by atoms with Crippen LogP contribution in [-0.2, 0) is 6.54 Å². The fourth-order valence-corrected chi connectivity index (χ4v) is 3.51. The van der Waals surface area contributed by atoms with Crippen LogP contribution in [0.4, 0.5) is 8.78 Å². The normalized spacial score (nSPS) is 11.0. The lowest BCUT2D eigenvalue weighted by atomic mass is 10.0. The molecule has 0 bridgehead atoms. The zero-order valence-electron chi connectivity index (χ0n) is 12.8. The number of aromatic nitrogens is 3. The van der Waals surface area contributed by atoms with Crippen LogP contribution < -0.4 is 5.56 Å². The van der Waals surface area contributed by atoms with Gasteiger partial charge in [-0.25, -0.2) is 8.78 Å². The Hall–Kier alpha value is -1.93.